The lowest BCUT2D eigenvalue weighted by molar-refractivity contribution is -0.154. The number of imide groups is 4. The summed E-state index contributed by atoms with van der Waals surface area (Å²) in [5, 5.41) is 0. The maximum absolute atomic E-state index is 12.1. The van der Waals surface area contributed by atoms with Crippen LogP contribution in [0.2, 0.25) is 0 Å². The van der Waals surface area contributed by atoms with Gasteiger partial charge in [0, 0.05) is 0 Å². The van der Waals surface area contributed by atoms with Crippen molar-refractivity contribution in [2.75, 3.05) is 26.4 Å². The Morgan fingerprint density at radius 2 is 1.83 bits per heavy atom. The van der Waals surface area contributed by atoms with Crippen molar-refractivity contribution in [2.45, 2.75) is 18.8 Å². The fourth-order valence-electron chi connectivity index (χ4n) is 1.79. The zero-order chi connectivity index (χ0) is 16.6. The highest BCUT2D eigenvalue weighted by molar-refractivity contribution is 6.21. The van der Waals surface area contributed by atoms with E-state index >= 15 is 0 Å². The van der Waals surface area contributed by atoms with Crippen LogP contribution in [-0.4, -0.2) is 78.5 Å². The number of hydrogen-bond acceptors (Lipinski definition) is 9. The smallest absolute Gasteiger partial charge is 0.425 e. The average molecular weight is 328 g/mol. The first-order chi connectivity index (χ1) is 11.0. The van der Waals surface area contributed by atoms with E-state index < -0.39 is 49.2 Å². The number of amides is 5. The van der Waals surface area contributed by atoms with Gasteiger partial charge in [-0.05, 0) is 0 Å². The largest absolute Gasteiger partial charge is 0.446 e. The maximum Gasteiger partial charge on any atom is 0.425 e. The minimum atomic E-state index is -1.25. The molecule has 124 valence electrons. The van der Waals surface area contributed by atoms with Crippen LogP contribution in [0.4, 0.5) is 9.59 Å². The van der Waals surface area contributed by atoms with E-state index in [4.69, 9.17) is 14.2 Å². The molecule has 3 aliphatic rings. The molecule has 0 bridgehead atoms. The summed E-state index contributed by atoms with van der Waals surface area (Å²) in [5.41, 5.74) is 0. The first-order valence-electron chi connectivity index (χ1n) is 6.72. The van der Waals surface area contributed by atoms with Gasteiger partial charge in [0.25, 0.3) is 0 Å². The molecule has 0 aromatic heterocycles. The molecule has 23 heavy (non-hydrogen) atoms. The predicted octanol–water partition coefficient (Wildman–Crippen LogP) is -1.40. The van der Waals surface area contributed by atoms with Gasteiger partial charge in [-0.1, -0.05) is 0 Å². The quantitative estimate of drug-likeness (QED) is 0.339. The molecule has 5 amide bonds. The van der Waals surface area contributed by atoms with Crippen molar-refractivity contribution < 1.29 is 42.9 Å². The zero-order valence-corrected chi connectivity index (χ0v) is 11.8. The van der Waals surface area contributed by atoms with Crippen molar-refractivity contribution >= 4 is 29.9 Å². The summed E-state index contributed by atoms with van der Waals surface area (Å²) in [4.78, 5) is 59.6. The van der Waals surface area contributed by atoms with Crippen LogP contribution < -0.4 is 0 Å². The van der Waals surface area contributed by atoms with Crippen LogP contribution in [0.3, 0.4) is 0 Å². The molecule has 0 saturated carbocycles. The molecule has 2 unspecified atom stereocenters. The Morgan fingerprint density at radius 3 is 2.43 bits per heavy atom. The number of carbonyl (C=O) groups is 5. The van der Waals surface area contributed by atoms with Gasteiger partial charge < -0.3 is 18.9 Å². The summed E-state index contributed by atoms with van der Waals surface area (Å²) in [5.74, 6) is -2.80. The number of nitrogens with zero attached hydrogens (tertiary/aromatic N) is 2. The van der Waals surface area contributed by atoms with Gasteiger partial charge in [-0.25, -0.2) is 9.59 Å². The molecular formula is C12H12N2O9. The molecule has 3 aliphatic heterocycles. The van der Waals surface area contributed by atoms with E-state index in [-0.39, 0.29) is 24.2 Å². The molecule has 11 nitrogen and oxygen atoms in total. The Balaban J connectivity index is 1.62. The first-order valence-corrected chi connectivity index (χ1v) is 6.72. The predicted molar refractivity (Wildman–Crippen MR) is 65.5 cm³/mol. The molecular weight excluding hydrogens is 316 g/mol. The van der Waals surface area contributed by atoms with Crippen LogP contribution >= 0.6 is 0 Å². The van der Waals surface area contributed by atoms with Crippen molar-refractivity contribution in [3.63, 3.8) is 0 Å². The van der Waals surface area contributed by atoms with Crippen LogP contribution in [0.25, 0.3) is 0 Å². The number of barbiturate groups is 1. The molecule has 3 rings (SSSR count). The first kappa shape index (κ1) is 15.4. The SMILES string of the molecule is O=C(CN1C(=O)CC(=O)N(C(=O)OCC2CO2)C1=O)OC1CO1. The lowest BCUT2D eigenvalue weighted by atomic mass is 10.2. The second-order valence-corrected chi connectivity index (χ2v) is 4.95. The number of esters is 1. The van der Waals surface area contributed by atoms with Crippen LogP contribution in [-0.2, 0) is 33.3 Å². The van der Waals surface area contributed by atoms with Crippen LogP contribution in [0.1, 0.15) is 6.42 Å². The van der Waals surface area contributed by atoms with Gasteiger partial charge in [0.05, 0.1) is 6.61 Å². The zero-order valence-electron chi connectivity index (χ0n) is 11.8. The van der Waals surface area contributed by atoms with E-state index in [1.807, 2.05) is 0 Å². The fraction of sp³-hybridized carbons (Fsp3) is 0.583. The minimum Gasteiger partial charge on any atom is -0.446 e. The Hall–Kier alpha value is -2.53. The second kappa shape index (κ2) is 5.93. The van der Waals surface area contributed by atoms with E-state index in [1.54, 1.807) is 0 Å². The standard InChI is InChI=1S/C12H12N2O9/c15-7-1-8(16)14(12(19)22-4-6-3-20-6)11(18)13(7)2-9(17)23-10-5-21-10/h6,10H,1-5H2. The maximum atomic E-state index is 12.1. The fourth-order valence-corrected chi connectivity index (χ4v) is 1.79. The molecule has 3 fully saturated rings. The Bertz CT molecular complexity index is 581. The summed E-state index contributed by atoms with van der Waals surface area (Å²) in [6, 6.07) is -1.25. The molecule has 0 N–H and O–H groups in total. The summed E-state index contributed by atoms with van der Waals surface area (Å²) < 4.78 is 19.0. The highest BCUT2D eigenvalue weighted by atomic mass is 16.8. The molecule has 0 spiro atoms. The minimum absolute atomic E-state index is 0.106. The normalized spacial score (nSPS) is 26.2. The van der Waals surface area contributed by atoms with Crippen LogP contribution in [0.5, 0.6) is 0 Å². The number of epoxide rings is 2. The van der Waals surface area contributed by atoms with Crippen molar-refractivity contribution in [1.29, 1.82) is 0 Å². The highest BCUT2D eigenvalue weighted by Crippen LogP contribution is 2.17. The Kier molecular flexibility index (Phi) is 3.96. The van der Waals surface area contributed by atoms with Crippen LogP contribution in [0.15, 0.2) is 0 Å². The van der Waals surface area contributed by atoms with E-state index in [0.29, 0.717) is 11.5 Å². The van der Waals surface area contributed by atoms with Gasteiger partial charge in [-0.3, -0.25) is 19.3 Å². The van der Waals surface area contributed by atoms with Crippen molar-refractivity contribution in [2.24, 2.45) is 0 Å². The van der Waals surface area contributed by atoms with Gasteiger partial charge in [-0.15, -0.1) is 0 Å². The van der Waals surface area contributed by atoms with E-state index in [1.165, 1.54) is 0 Å². The molecule has 11 heteroatoms. The summed E-state index contributed by atoms with van der Waals surface area (Å²) in [6.45, 7) is -0.159. The Morgan fingerprint density at radius 1 is 1.13 bits per heavy atom. The third-order valence-corrected chi connectivity index (χ3v) is 3.11. The number of rotatable bonds is 5. The number of urea groups is 1. The second-order valence-electron chi connectivity index (χ2n) is 4.95. The molecule has 2 atom stereocenters. The third-order valence-electron chi connectivity index (χ3n) is 3.11. The van der Waals surface area contributed by atoms with E-state index in [9.17, 15) is 24.0 Å². The lowest BCUT2D eigenvalue weighted by Crippen LogP contribution is -2.58. The summed E-state index contributed by atoms with van der Waals surface area (Å²) in [6.07, 6.45) is -2.88. The number of carbonyl (C=O) groups excluding carboxylic acids is 5. The van der Waals surface area contributed by atoms with Crippen molar-refractivity contribution in [3.8, 4) is 0 Å². The third kappa shape index (κ3) is 3.63. The average Bonchev–Trinajstić information content (AvgIpc) is 3.35. The molecule has 3 saturated heterocycles. The molecule has 0 aromatic carbocycles. The van der Waals surface area contributed by atoms with Gasteiger partial charge in [0.15, 0.2) is 0 Å². The highest BCUT2D eigenvalue weighted by Gasteiger charge is 2.44. The van der Waals surface area contributed by atoms with Crippen LogP contribution in [0, 0.1) is 0 Å². The van der Waals surface area contributed by atoms with Crippen molar-refractivity contribution in [1.82, 2.24) is 9.80 Å². The van der Waals surface area contributed by atoms with Gasteiger partial charge in [0.2, 0.25) is 18.1 Å². The topological polar surface area (TPSA) is 135 Å². The summed E-state index contributed by atoms with van der Waals surface area (Å²) >= 11 is 0. The van der Waals surface area contributed by atoms with E-state index in [2.05, 4.69) is 4.74 Å². The molecule has 3 heterocycles. The van der Waals surface area contributed by atoms with Crippen molar-refractivity contribution in [3.05, 3.63) is 0 Å². The summed E-state index contributed by atoms with van der Waals surface area (Å²) in [7, 11) is 0. The number of ether oxygens (including phenoxy) is 4. The van der Waals surface area contributed by atoms with Gasteiger partial charge >= 0.3 is 18.1 Å². The number of hydrogen-bond donors (Lipinski definition) is 0. The van der Waals surface area contributed by atoms with E-state index in [0.717, 1.165) is 0 Å². The van der Waals surface area contributed by atoms with Gasteiger partial charge in [-0.2, -0.15) is 4.90 Å². The van der Waals surface area contributed by atoms with Gasteiger partial charge in [0.1, 0.15) is 32.3 Å². The molecule has 0 radical (unpaired) electrons. The molecule has 0 aromatic rings. The molecule has 0 aliphatic carbocycles. The lowest BCUT2D eigenvalue weighted by Gasteiger charge is -2.29. The Labute approximate surface area is 129 Å². The monoisotopic (exact) mass is 328 g/mol.